The van der Waals surface area contributed by atoms with Crippen molar-refractivity contribution in [1.82, 2.24) is 0 Å². The third kappa shape index (κ3) is 8.18. The van der Waals surface area contributed by atoms with Gasteiger partial charge in [0.25, 0.3) is 0 Å². The molecule has 0 aromatic rings. The van der Waals surface area contributed by atoms with Gasteiger partial charge in [0.2, 0.25) is 0 Å². The minimum atomic E-state index is -8.03. The second-order valence-corrected chi connectivity index (χ2v) is 10.0. The van der Waals surface area contributed by atoms with E-state index < -0.39 is 66.5 Å². The molecule has 0 saturated carbocycles. The summed E-state index contributed by atoms with van der Waals surface area (Å²) in [5.41, 5.74) is 0. The van der Waals surface area contributed by atoms with Crippen LogP contribution in [0.25, 0.3) is 0 Å². The Balaban J connectivity index is 2.89. The van der Waals surface area contributed by atoms with Crippen LogP contribution in [0.2, 0.25) is 0 Å². The van der Waals surface area contributed by atoms with Gasteiger partial charge in [0.15, 0.2) is 0 Å². The minimum Gasteiger partial charge on any atom is -0.379 e. The molecule has 0 amide bonds. The highest BCUT2D eigenvalue weighted by Gasteiger charge is 2.92. The van der Waals surface area contributed by atoms with Crippen LogP contribution < -0.4 is 0 Å². The van der Waals surface area contributed by atoms with Crippen molar-refractivity contribution in [2.24, 2.45) is 5.92 Å². The normalized spacial score (nSPS) is 19.9. The first kappa shape index (κ1) is 37.2. The SMILES string of the molecule is CC(F)(F)C(F)(F)C(F)(F)C(F)(F)C(F)(F)C(F)(F)C(F)(F)CCSCC1COCCOCCCOCCOC1. The number of halogens is 14. The Hall–Kier alpha value is -0.790. The lowest BCUT2D eigenvalue weighted by Crippen LogP contribution is -2.72. The van der Waals surface area contributed by atoms with Crippen molar-refractivity contribution in [2.45, 2.75) is 61.2 Å². The second kappa shape index (κ2) is 14.1. The first-order valence-corrected chi connectivity index (χ1v) is 12.8. The molecule has 1 aliphatic rings. The van der Waals surface area contributed by atoms with E-state index in [-0.39, 0.29) is 45.4 Å². The van der Waals surface area contributed by atoms with Crippen LogP contribution in [0.3, 0.4) is 0 Å². The highest BCUT2D eigenvalue weighted by Crippen LogP contribution is 2.62. The average Bonchev–Trinajstić information content (AvgIpc) is 2.82. The van der Waals surface area contributed by atoms with Crippen LogP contribution in [0.4, 0.5) is 61.5 Å². The molecule has 0 N–H and O–H groups in total. The van der Waals surface area contributed by atoms with Crippen LogP contribution in [0, 0.1) is 5.92 Å². The molecule has 4 nitrogen and oxygen atoms in total. The second-order valence-electron chi connectivity index (χ2n) is 8.88. The van der Waals surface area contributed by atoms with E-state index in [4.69, 9.17) is 18.9 Å². The smallest absolute Gasteiger partial charge is 0.379 e. The molecule has 1 fully saturated rings. The summed E-state index contributed by atoms with van der Waals surface area (Å²) in [4.78, 5) is 0. The fourth-order valence-electron chi connectivity index (χ4n) is 3.05. The standard InChI is InChI=1S/C21H28F14O4S/c1-15(22,23)17(26,27)19(30,31)21(34,35)20(32,33)18(28,29)16(24,25)3-10-40-13-14-11-38-8-6-36-4-2-5-37-7-9-39-12-14/h14H,2-13H2,1H3. The largest absolute Gasteiger partial charge is 0.384 e. The van der Waals surface area contributed by atoms with Crippen LogP contribution in [-0.4, -0.2) is 106 Å². The number of thioether (sulfide) groups is 1. The fourth-order valence-corrected chi connectivity index (χ4v) is 4.14. The number of alkyl halides is 14. The number of hydrogen-bond acceptors (Lipinski definition) is 5. The maximum absolute atomic E-state index is 14.1. The third-order valence-corrected chi connectivity index (χ3v) is 6.73. The van der Waals surface area contributed by atoms with Gasteiger partial charge in [0.1, 0.15) is 0 Å². The van der Waals surface area contributed by atoms with Gasteiger partial charge >= 0.3 is 41.5 Å². The van der Waals surface area contributed by atoms with Crippen molar-refractivity contribution in [1.29, 1.82) is 0 Å². The van der Waals surface area contributed by atoms with Gasteiger partial charge in [-0.15, -0.1) is 0 Å². The Labute approximate surface area is 224 Å². The molecule has 0 unspecified atom stereocenters. The van der Waals surface area contributed by atoms with Crippen LogP contribution in [0.15, 0.2) is 0 Å². The maximum Gasteiger partial charge on any atom is 0.384 e. The first-order chi connectivity index (χ1) is 18.1. The Kier molecular flexibility index (Phi) is 13.1. The van der Waals surface area contributed by atoms with E-state index in [1.165, 1.54) is 0 Å². The van der Waals surface area contributed by atoms with Gasteiger partial charge in [-0.05, 0) is 12.2 Å². The lowest BCUT2D eigenvalue weighted by Gasteiger charge is -2.42. The van der Waals surface area contributed by atoms with Crippen molar-refractivity contribution in [3.8, 4) is 0 Å². The molecule has 0 atom stereocenters. The van der Waals surface area contributed by atoms with Gasteiger partial charge in [-0.2, -0.15) is 73.2 Å². The quantitative estimate of drug-likeness (QED) is 0.186. The molecule has 1 saturated heterocycles. The zero-order valence-corrected chi connectivity index (χ0v) is 21.7. The Morgan fingerprint density at radius 1 is 0.550 bits per heavy atom. The maximum atomic E-state index is 14.1. The number of rotatable bonds is 11. The molecule has 0 aliphatic carbocycles. The van der Waals surface area contributed by atoms with Crippen molar-refractivity contribution < 1.29 is 80.4 Å². The summed E-state index contributed by atoms with van der Waals surface area (Å²) >= 11 is 0.443. The summed E-state index contributed by atoms with van der Waals surface area (Å²) in [5, 5.41) is 0. The average molecular weight is 642 g/mol. The molecule has 0 aromatic heterocycles. The topological polar surface area (TPSA) is 36.9 Å². The van der Waals surface area contributed by atoms with Gasteiger partial charge in [0.05, 0.1) is 39.6 Å². The molecule has 0 aromatic carbocycles. The van der Waals surface area contributed by atoms with E-state index in [1.807, 2.05) is 0 Å². The molecule has 240 valence electrons. The van der Waals surface area contributed by atoms with Crippen molar-refractivity contribution in [3.05, 3.63) is 0 Å². The summed E-state index contributed by atoms with van der Waals surface area (Å²) in [7, 11) is 0. The van der Waals surface area contributed by atoms with Crippen LogP contribution in [0.1, 0.15) is 19.8 Å². The zero-order valence-electron chi connectivity index (χ0n) is 20.9. The molecule has 0 bridgehead atoms. The van der Waals surface area contributed by atoms with Gasteiger partial charge in [-0.3, -0.25) is 0 Å². The van der Waals surface area contributed by atoms with Crippen molar-refractivity contribution in [2.75, 3.05) is 64.4 Å². The summed E-state index contributed by atoms with van der Waals surface area (Å²) in [6, 6.07) is 0. The van der Waals surface area contributed by atoms with E-state index in [9.17, 15) is 61.5 Å². The molecule has 0 spiro atoms. The summed E-state index contributed by atoms with van der Waals surface area (Å²) in [6.07, 6.45) is -1.67. The minimum absolute atomic E-state index is 0.0422. The summed E-state index contributed by atoms with van der Waals surface area (Å²) in [6.45, 7) is 0.244. The Morgan fingerprint density at radius 3 is 1.40 bits per heavy atom. The van der Waals surface area contributed by atoms with Gasteiger partial charge < -0.3 is 18.9 Å². The van der Waals surface area contributed by atoms with E-state index in [2.05, 4.69) is 0 Å². The fraction of sp³-hybridized carbons (Fsp3) is 1.00. The van der Waals surface area contributed by atoms with E-state index >= 15 is 0 Å². The van der Waals surface area contributed by atoms with E-state index in [0.29, 0.717) is 31.4 Å². The molecule has 0 radical (unpaired) electrons. The van der Waals surface area contributed by atoms with Crippen molar-refractivity contribution in [3.63, 3.8) is 0 Å². The molecule has 1 heterocycles. The molecular formula is C21H28F14O4S. The molecular weight excluding hydrogens is 614 g/mol. The van der Waals surface area contributed by atoms with Gasteiger partial charge in [-0.1, -0.05) is 0 Å². The van der Waals surface area contributed by atoms with E-state index in [0.717, 1.165) is 0 Å². The monoisotopic (exact) mass is 642 g/mol. The Morgan fingerprint density at radius 2 is 0.950 bits per heavy atom. The van der Waals surface area contributed by atoms with Crippen LogP contribution >= 0.6 is 11.8 Å². The Bertz CT molecular complexity index is 750. The highest BCUT2D eigenvalue weighted by molar-refractivity contribution is 7.99. The number of ether oxygens (including phenoxy) is 4. The van der Waals surface area contributed by atoms with Gasteiger partial charge in [0, 0.05) is 38.2 Å². The molecule has 40 heavy (non-hydrogen) atoms. The lowest BCUT2D eigenvalue weighted by atomic mass is 9.89. The van der Waals surface area contributed by atoms with E-state index in [1.54, 1.807) is 0 Å². The van der Waals surface area contributed by atoms with Gasteiger partial charge in [-0.25, -0.2) is 0 Å². The first-order valence-electron chi connectivity index (χ1n) is 11.6. The van der Waals surface area contributed by atoms with Crippen molar-refractivity contribution >= 4 is 11.8 Å². The predicted octanol–water partition coefficient (Wildman–Crippen LogP) is 6.66. The molecule has 19 heteroatoms. The van der Waals surface area contributed by atoms with Crippen LogP contribution in [-0.2, 0) is 18.9 Å². The molecule has 1 rings (SSSR count). The zero-order chi connectivity index (χ0) is 31.1. The highest BCUT2D eigenvalue weighted by atomic mass is 32.2. The van der Waals surface area contributed by atoms with Crippen LogP contribution in [0.5, 0.6) is 0 Å². The third-order valence-electron chi connectivity index (χ3n) is 5.53. The summed E-state index contributed by atoms with van der Waals surface area (Å²) < 4.78 is 211. The predicted molar refractivity (Wildman–Crippen MR) is 114 cm³/mol. The number of hydrogen-bond donors (Lipinski definition) is 0. The lowest BCUT2D eigenvalue weighted by molar-refractivity contribution is -0.440. The summed E-state index contributed by atoms with van der Waals surface area (Å²) in [5.74, 6) is -52.6. The molecule has 1 aliphatic heterocycles.